The molecule has 0 saturated carbocycles. The Morgan fingerprint density at radius 2 is 1.67 bits per heavy atom. The summed E-state index contributed by atoms with van der Waals surface area (Å²) in [6, 6.07) is 12.3. The van der Waals surface area contributed by atoms with Gasteiger partial charge in [0.2, 0.25) is 0 Å². The highest BCUT2D eigenvalue weighted by Crippen LogP contribution is 2.30. The molecule has 2 rings (SSSR count). The van der Waals surface area contributed by atoms with Crippen molar-refractivity contribution in [1.82, 2.24) is 0 Å². The monoisotopic (exact) mass is 347 g/mol. The molecule has 3 heteroatoms. The Bertz CT molecular complexity index is 620. The van der Waals surface area contributed by atoms with E-state index in [4.69, 9.17) is 10.5 Å². The molecule has 2 atom stereocenters. The Hall–Kier alpha value is -1.32. The van der Waals surface area contributed by atoms with Crippen molar-refractivity contribution in [1.29, 1.82) is 0 Å². The van der Waals surface area contributed by atoms with Crippen LogP contribution in [0.2, 0.25) is 0 Å². The Morgan fingerprint density at radius 3 is 2.24 bits per heavy atom. The zero-order valence-corrected chi connectivity index (χ0v) is 14.6. The van der Waals surface area contributed by atoms with Gasteiger partial charge in [-0.25, -0.2) is 0 Å². The molecule has 0 amide bonds. The highest BCUT2D eigenvalue weighted by atomic mass is 79.9. The fraction of sp³-hybridized carbons (Fsp3) is 0.333. The summed E-state index contributed by atoms with van der Waals surface area (Å²) >= 11 is 3.46. The second-order valence-electron chi connectivity index (χ2n) is 5.65. The topological polar surface area (TPSA) is 35.2 Å². The lowest BCUT2D eigenvalue weighted by molar-refractivity contribution is 0.179. The van der Waals surface area contributed by atoms with Crippen LogP contribution in [0.3, 0.4) is 0 Å². The van der Waals surface area contributed by atoms with Gasteiger partial charge >= 0.3 is 0 Å². The molecule has 2 nitrogen and oxygen atoms in total. The molecule has 0 heterocycles. The third-order valence-corrected chi connectivity index (χ3v) is 4.22. The van der Waals surface area contributed by atoms with Gasteiger partial charge in [0.25, 0.3) is 0 Å². The lowest BCUT2D eigenvalue weighted by Crippen LogP contribution is -2.29. The first-order valence-corrected chi connectivity index (χ1v) is 7.93. The van der Waals surface area contributed by atoms with Crippen LogP contribution >= 0.6 is 15.9 Å². The number of benzene rings is 2. The molecule has 0 bridgehead atoms. The third kappa shape index (κ3) is 3.86. The Labute approximate surface area is 135 Å². The lowest BCUT2D eigenvalue weighted by Gasteiger charge is -2.25. The van der Waals surface area contributed by atoms with Crippen molar-refractivity contribution in [3.05, 3.63) is 63.1 Å². The van der Waals surface area contributed by atoms with Crippen molar-refractivity contribution in [3.63, 3.8) is 0 Å². The lowest BCUT2D eigenvalue weighted by atomic mass is 10.0. The zero-order chi connectivity index (χ0) is 15.6. The molecule has 0 aliphatic rings. The predicted octanol–water partition coefficient (Wildman–Crippen LogP) is 4.84. The van der Waals surface area contributed by atoms with Gasteiger partial charge in [0.1, 0.15) is 11.9 Å². The van der Waals surface area contributed by atoms with E-state index in [2.05, 4.69) is 61.0 Å². The second-order valence-corrected chi connectivity index (χ2v) is 6.57. The minimum Gasteiger partial charge on any atom is -0.484 e. The maximum atomic E-state index is 6.25. The summed E-state index contributed by atoms with van der Waals surface area (Å²) in [7, 11) is 0. The maximum absolute atomic E-state index is 6.25. The van der Waals surface area contributed by atoms with Gasteiger partial charge in [-0.3, -0.25) is 0 Å². The van der Waals surface area contributed by atoms with Gasteiger partial charge in [-0.15, -0.1) is 0 Å². The van der Waals surface area contributed by atoms with Crippen LogP contribution in [-0.4, -0.2) is 6.04 Å². The molecule has 2 N–H and O–H groups in total. The number of aryl methyl sites for hydroxylation is 2. The van der Waals surface area contributed by atoms with E-state index in [1.54, 1.807) is 0 Å². The molecule has 0 spiro atoms. The van der Waals surface area contributed by atoms with Gasteiger partial charge in [-0.05, 0) is 68.1 Å². The molecule has 2 aromatic rings. The van der Waals surface area contributed by atoms with Gasteiger partial charge in [0.15, 0.2) is 0 Å². The number of hydrogen-bond acceptors (Lipinski definition) is 2. The number of rotatable bonds is 4. The fourth-order valence-electron chi connectivity index (χ4n) is 2.39. The first-order valence-electron chi connectivity index (χ1n) is 7.14. The Balaban J connectivity index is 2.35. The van der Waals surface area contributed by atoms with E-state index in [0.717, 1.165) is 15.8 Å². The molecule has 2 aromatic carbocycles. The van der Waals surface area contributed by atoms with E-state index >= 15 is 0 Å². The van der Waals surface area contributed by atoms with Gasteiger partial charge < -0.3 is 10.5 Å². The molecule has 0 aromatic heterocycles. The molecule has 0 fully saturated rings. The van der Waals surface area contributed by atoms with E-state index in [9.17, 15) is 0 Å². The highest BCUT2D eigenvalue weighted by Gasteiger charge is 2.19. The summed E-state index contributed by atoms with van der Waals surface area (Å²) in [6.07, 6.45) is -0.155. The molecule has 2 unspecified atom stereocenters. The molecule has 0 aliphatic carbocycles. The summed E-state index contributed by atoms with van der Waals surface area (Å²) in [5.41, 5.74) is 10.8. The fourth-order valence-corrected chi connectivity index (χ4v) is 2.66. The van der Waals surface area contributed by atoms with Gasteiger partial charge in [-0.2, -0.15) is 0 Å². The maximum Gasteiger partial charge on any atom is 0.138 e. The molecule has 112 valence electrons. The van der Waals surface area contributed by atoms with Crippen molar-refractivity contribution in [2.45, 2.75) is 39.8 Å². The number of nitrogens with two attached hydrogens (primary N) is 1. The van der Waals surface area contributed by atoms with Crippen molar-refractivity contribution in [2.75, 3.05) is 0 Å². The summed E-state index contributed by atoms with van der Waals surface area (Å²) in [4.78, 5) is 0. The SMILES string of the molecule is Cc1cc(C)c(C)c(OC(c2ccc(Br)cc2)C(C)N)c1. The van der Waals surface area contributed by atoms with Crippen LogP contribution in [0.15, 0.2) is 40.9 Å². The molecule has 0 radical (unpaired) electrons. The highest BCUT2D eigenvalue weighted by molar-refractivity contribution is 9.10. The van der Waals surface area contributed by atoms with Crippen LogP contribution < -0.4 is 10.5 Å². The molecule has 0 aliphatic heterocycles. The number of halogens is 1. The molecular weight excluding hydrogens is 326 g/mol. The van der Waals surface area contributed by atoms with E-state index < -0.39 is 0 Å². The average molecular weight is 348 g/mol. The average Bonchev–Trinajstić information content (AvgIpc) is 2.42. The van der Waals surface area contributed by atoms with Gasteiger partial charge in [-0.1, -0.05) is 34.1 Å². The van der Waals surface area contributed by atoms with Crippen molar-refractivity contribution < 1.29 is 4.74 Å². The minimum atomic E-state index is -0.155. The second kappa shape index (κ2) is 6.63. The normalized spacial score (nSPS) is 13.8. The van der Waals surface area contributed by atoms with E-state index in [0.29, 0.717) is 0 Å². The Morgan fingerprint density at radius 1 is 1.05 bits per heavy atom. The number of hydrogen-bond donors (Lipinski definition) is 1. The number of ether oxygens (including phenoxy) is 1. The van der Waals surface area contributed by atoms with Gasteiger partial charge in [0.05, 0.1) is 0 Å². The van der Waals surface area contributed by atoms with E-state index in [-0.39, 0.29) is 12.1 Å². The van der Waals surface area contributed by atoms with Crippen molar-refractivity contribution in [2.24, 2.45) is 5.73 Å². The summed E-state index contributed by atoms with van der Waals surface area (Å²) in [5, 5.41) is 0. The van der Waals surface area contributed by atoms with Crippen molar-refractivity contribution in [3.8, 4) is 5.75 Å². The zero-order valence-electron chi connectivity index (χ0n) is 13.0. The summed E-state index contributed by atoms with van der Waals surface area (Å²) in [5.74, 6) is 0.915. The standard InChI is InChI=1S/C18H22BrNO/c1-11-9-12(2)13(3)17(10-11)21-18(14(4)20)15-5-7-16(19)8-6-15/h5-10,14,18H,20H2,1-4H3. The summed E-state index contributed by atoms with van der Waals surface area (Å²) in [6.45, 7) is 8.25. The Kier molecular flexibility index (Phi) is 5.07. The largest absolute Gasteiger partial charge is 0.484 e. The van der Waals surface area contributed by atoms with Crippen LogP contribution in [0.1, 0.15) is 35.3 Å². The van der Waals surface area contributed by atoms with E-state index in [1.165, 1.54) is 16.7 Å². The van der Waals surface area contributed by atoms with Crippen LogP contribution in [0.4, 0.5) is 0 Å². The molecule has 21 heavy (non-hydrogen) atoms. The quantitative estimate of drug-likeness (QED) is 0.858. The molecule has 0 saturated heterocycles. The van der Waals surface area contributed by atoms with Crippen LogP contribution in [0, 0.1) is 20.8 Å². The van der Waals surface area contributed by atoms with E-state index in [1.807, 2.05) is 19.1 Å². The molecular formula is C18H22BrNO. The summed E-state index contributed by atoms with van der Waals surface area (Å²) < 4.78 is 7.31. The minimum absolute atomic E-state index is 0.0913. The van der Waals surface area contributed by atoms with Crippen molar-refractivity contribution >= 4 is 15.9 Å². The first-order chi connectivity index (χ1) is 9.88. The third-order valence-electron chi connectivity index (χ3n) is 3.69. The first kappa shape index (κ1) is 16.1. The van der Waals surface area contributed by atoms with Crippen LogP contribution in [-0.2, 0) is 0 Å². The van der Waals surface area contributed by atoms with Crippen LogP contribution in [0.25, 0.3) is 0 Å². The van der Waals surface area contributed by atoms with Crippen LogP contribution in [0.5, 0.6) is 5.75 Å². The smallest absolute Gasteiger partial charge is 0.138 e. The predicted molar refractivity (Wildman–Crippen MR) is 91.8 cm³/mol. The van der Waals surface area contributed by atoms with Gasteiger partial charge in [0, 0.05) is 10.5 Å².